The molecule has 0 rings (SSSR count). The van der Waals surface area contributed by atoms with E-state index in [-0.39, 0.29) is 78.5 Å². The maximum atomic E-state index is 10.7. The van der Waals surface area contributed by atoms with Crippen LogP contribution in [0.1, 0.15) is 0 Å². The van der Waals surface area contributed by atoms with Crippen LogP contribution in [-0.4, -0.2) is 66.4 Å². The van der Waals surface area contributed by atoms with Gasteiger partial charge in [-0.2, -0.15) is 39.5 Å². The smallest absolute Gasteiger partial charge is 0.485 e. The second kappa shape index (κ2) is 25.8. The summed E-state index contributed by atoms with van der Waals surface area (Å²) in [5.74, 6) is 0. The number of rotatable bonds is 0. The third-order valence-electron chi connectivity index (χ3n) is 0.850. The van der Waals surface area contributed by atoms with E-state index in [0.29, 0.717) is 0 Å². The fourth-order valence-corrected chi connectivity index (χ4v) is 0. The Morgan fingerprint density at radius 3 is 0.412 bits per heavy atom. The van der Waals surface area contributed by atoms with Crippen LogP contribution < -0.4 is 0 Å². The minimum atomic E-state index is -6.09. The predicted molar refractivity (Wildman–Crippen MR) is 88.6 cm³/mol. The molecule has 0 bridgehead atoms. The maximum Gasteiger partial charge on any atom is 0.485 e. The molecule has 0 aliphatic carbocycles. The molecule has 0 radical (unpaired) electrons. The van der Waals surface area contributed by atoms with E-state index < -0.39 is 46.9 Å². The Kier molecular flexibility index (Phi) is 63.8. The van der Waals surface area contributed by atoms with Crippen molar-refractivity contribution < 1.29 is 157 Å². The summed E-state index contributed by atoms with van der Waals surface area (Å²) >= 11 is 0. The van der Waals surface area contributed by atoms with Crippen LogP contribution >= 0.6 is 0 Å². The molecule has 0 aromatic rings. The molecule has 0 heterocycles. The minimum Gasteiger partial charge on any atom is -0.741 e. The first kappa shape index (κ1) is 84.1. The average molecular weight is 860 g/mol. The Morgan fingerprint density at radius 1 is 0.382 bits per heavy atom. The van der Waals surface area contributed by atoms with Crippen LogP contribution in [-0.2, 0) is 68.7 Å². The molecule has 0 fully saturated rings. The normalized spacial score (nSPS) is 9.88. The summed E-state index contributed by atoms with van der Waals surface area (Å²) in [5, 5.41) is 0. The third-order valence-corrected chi connectivity index (χ3v) is 2.55. The van der Waals surface area contributed by atoms with Crippen molar-refractivity contribution in [2.24, 2.45) is 0 Å². The summed E-state index contributed by atoms with van der Waals surface area (Å²) in [6, 6.07) is 0. The Hall–Kier alpha value is -0.273. The van der Waals surface area contributed by atoms with Crippen LogP contribution in [0.2, 0.25) is 0 Å². The molecule has 31 heteroatoms. The SMILES string of the molecule is O.O.O=S(=O)([O-])C(F)(F)F.O=S(=O)([O-])C(F)(F)F.O=S(=O)([O-])C(F)(F)F.[OH3+].[OH3+].[OH3+].[OH3+].[OH3+].[OH3+].[OH3+].[Pu]. The number of hydrogen-bond donors (Lipinski definition) is 0. The number of alkyl halides is 9. The molecule has 0 saturated carbocycles. The van der Waals surface area contributed by atoms with E-state index in [1.807, 2.05) is 0 Å². The molecule has 0 atom stereocenters. The van der Waals surface area contributed by atoms with Crippen molar-refractivity contribution in [2.75, 3.05) is 0 Å². The van der Waals surface area contributed by atoms with Crippen LogP contribution in [0, 0.1) is 29.2 Å². The van der Waals surface area contributed by atoms with E-state index in [2.05, 4.69) is 0 Å². The first-order valence-electron chi connectivity index (χ1n) is 3.81. The molecule has 228 valence electrons. The topological polar surface area (TPSA) is 466 Å². The maximum absolute atomic E-state index is 10.7. The van der Waals surface area contributed by atoms with Crippen molar-refractivity contribution >= 4 is 30.4 Å². The number of halogens is 9. The van der Waals surface area contributed by atoms with Gasteiger partial charge < -0.3 is 62.9 Å². The molecule has 25 N–H and O–H groups in total. The van der Waals surface area contributed by atoms with Gasteiger partial charge in [0.15, 0.2) is 30.4 Å². The quantitative estimate of drug-likeness (QED) is 0.0965. The van der Waals surface area contributed by atoms with Gasteiger partial charge in [0.2, 0.25) is 0 Å². The monoisotopic (exact) mass is 854 g/mol. The van der Waals surface area contributed by atoms with Crippen LogP contribution in [0.5, 0.6) is 0 Å². The summed E-state index contributed by atoms with van der Waals surface area (Å²) in [5.41, 5.74) is -16.9. The van der Waals surface area contributed by atoms with E-state index in [9.17, 15) is 39.5 Å². The molecule has 34 heavy (non-hydrogen) atoms. The van der Waals surface area contributed by atoms with Crippen molar-refractivity contribution in [1.29, 1.82) is 0 Å². The van der Waals surface area contributed by atoms with Gasteiger partial charge in [-0.1, -0.05) is 0 Å². The zero-order valence-corrected chi connectivity index (χ0v) is 21.1. The van der Waals surface area contributed by atoms with E-state index in [0.717, 1.165) is 0 Å². The van der Waals surface area contributed by atoms with Crippen molar-refractivity contribution in [1.82, 2.24) is 0 Å². The van der Waals surface area contributed by atoms with Gasteiger partial charge in [-0.15, -0.1) is 0 Å². The fourth-order valence-electron chi connectivity index (χ4n) is 0. The van der Waals surface area contributed by atoms with Gasteiger partial charge in [0, 0.05) is 29.2 Å². The van der Waals surface area contributed by atoms with E-state index in [4.69, 9.17) is 38.9 Å². The van der Waals surface area contributed by atoms with E-state index in [1.54, 1.807) is 0 Å². The second-order valence-electron chi connectivity index (χ2n) is 2.70. The van der Waals surface area contributed by atoms with E-state index >= 15 is 0 Å². The fraction of sp³-hybridized carbons (Fsp3) is 1.00. The van der Waals surface area contributed by atoms with Gasteiger partial charge in [-0.25, -0.2) is 25.3 Å². The summed E-state index contributed by atoms with van der Waals surface area (Å²) in [4.78, 5) is 0. The van der Waals surface area contributed by atoms with Gasteiger partial charge in [-0.05, 0) is 0 Å². The predicted octanol–water partition coefficient (Wildman–Crippen LogP) is -7.95. The molecule has 0 spiro atoms. The molecule has 0 amide bonds. The van der Waals surface area contributed by atoms with Gasteiger partial charge >= 0.3 is 16.5 Å². The molecule has 0 aromatic heterocycles. The first-order chi connectivity index (χ1) is 9.75. The molecular formula is C3H25F9O18PuS3+4. The second-order valence-corrected chi connectivity index (χ2v) is 6.81. The third kappa shape index (κ3) is 41.9. The van der Waals surface area contributed by atoms with Gasteiger partial charge in [-0.3, -0.25) is 0 Å². The molecule has 0 aliphatic heterocycles. The van der Waals surface area contributed by atoms with Gasteiger partial charge in [0.1, 0.15) is 0 Å². The van der Waals surface area contributed by atoms with Crippen molar-refractivity contribution in [3.63, 3.8) is 0 Å². The molecule has 0 unspecified atom stereocenters. The molecule has 0 saturated heterocycles. The summed E-state index contributed by atoms with van der Waals surface area (Å²) in [6.45, 7) is 0. The Bertz CT molecular complexity index is 607. The molecule has 18 nitrogen and oxygen atoms in total. The molecular weight excluding hydrogens is 835 g/mol. The first-order valence-corrected chi connectivity index (χ1v) is 8.04. The Labute approximate surface area is 203 Å². The van der Waals surface area contributed by atoms with E-state index in [1.165, 1.54) is 0 Å². The zero-order valence-electron chi connectivity index (χ0n) is 15.3. The zero-order chi connectivity index (χ0) is 21.0. The number of hydrogen-bond acceptors (Lipinski definition) is 9. The standard InChI is InChI=1S/3CHF3O3S.9H2O.Pu/c3*2-1(3,4)8(5,6)7;;;;;;;;;;/h3*(H,5,6,7);9*1H2;/p+4. The van der Waals surface area contributed by atoms with Crippen LogP contribution in [0.15, 0.2) is 0 Å². The van der Waals surface area contributed by atoms with Crippen LogP contribution in [0.4, 0.5) is 39.5 Å². The van der Waals surface area contributed by atoms with Crippen LogP contribution in [0.3, 0.4) is 0 Å². The Morgan fingerprint density at radius 2 is 0.412 bits per heavy atom. The minimum absolute atomic E-state index is 0. The molecule has 0 aromatic carbocycles. The van der Waals surface area contributed by atoms with Crippen LogP contribution in [0.25, 0.3) is 0 Å². The summed E-state index contributed by atoms with van der Waals surface area (Å²) in [7, 11) is -18.3. The Balaban J connectivity index is -0.0000000154. The van der Waals surface area contributed by atoms with Gasteiger partial charge in [0.05, 0.1) is 0 Å². The summed E-state index contributed by atoms with van der Waals surface area (Å²) < 4.78 is 177. The van der Waals surface area contributed by atoms with Crippen molar-refractivity contribution in [3.05, 3.63) is 0 Å². The largest absolute Gasteiger partial charge is 0.741 e. The van der Waals surface area contributed by atoms with Gasteiger partial charge in [0.25, 0.3) is 0 Å². The van der Waals surface area contributed by atoms with Crippen molar-refractivity contribution in [3.8, 4) is 0 Å². The average Bonchev–Trinajstić information content (AvgIpc) is 2.08. The summed E-state index contributed by atoms with van der Waals surface area (Å²) in [6.07, 6.45) is 0. The molecule has 0 aliphatic rings. The van der Waals surface area contributed by atoms with Crippen molar-refractivity contribution in [2.45, 2.75) is 16.5 Å².